The van der Waals surface area contributed by atoms with E-state index in [-0.39, 0.29) is 17.4 Å². The lowest BCUT2D eigenvalue weighted by molar-refractivity contribution is -0.134. The molecule has 3 aliphatic rings. The van der Waals surface area contributed by atoms with Gasteiger partial charge in [-0.3, -0.25) is 4.79 Å². The molecule has 0 spiro atoms. The lowest BCUT2D eigenvalue weighted by Gasteiger charge is -2.37. The Morgan fingerprint density at radius 1 is 1.41 bits per heavy atom. The van der Waals surface area contributed by atoms with Crippen LogP contribution < -0.4 is 15.4 Å². The van der Waals surface area contributed by atoms with Crippen molar-refractivity contribution >= 4 is 17.5 Å². The van der Waals surface area contributed by atoms with E-state index in [0.717, 1.165) is 43.7 Å². The normalized spacial score (nSPS) is 33.0. The van der Waals surface area contributed by atoms with Crippen molar-refractivity contribution in [3.8, 4) is 5.75 Å². The maximum atomic E-state index is 13.0. The van der Waals surface area contributed by atoms with Crippen LogP contribution in [0.3, 0.4) is 0 Å². The fourth-order valence-electron chi connectivity index (χ4n) is 4.30. The summed E-state index contributed by atoms with van der Waals surface area (Å²) in [6, 6.07) is 5.51. The van der Waals surface area contributed by atoms with Crippen molar-refractivity contribution in [2.75, 3.05) is 19.7 Å². The number of benzene rings is 1. The maximum Gasteiger partial charge on any atom is 0.228 e. The molecule has 1 saturated heterocycles. The van der Waals surface area contributed by atoms with Crippen molar-refractivity contribution in [3.05, 3.63) is 28.8 Å². The van der Waals surface area contributed by atoms with Crippen molar-refractivity contribution in [2.45, 2.75) is 31.7 Å². The number of halogens is 1. The second kappa shape index (κ2) is 5.43. The van der Waals surface area contributed by atoms with Gasteiger partial charge in [0, 0.05) is 17.1 Å². The highest BCUT2D eigenvalue weighted by molar-refractivity contribution is 6.30. The standard InChI is InChI=1S/C17H21ClN2O2/c18-12-4-5-15-13(7-12)14(9-22-15)20-16(21)17-6-2-1-3-11(17)8-19-10-17/h4-5,7,11,14,19H,1-3,6,8-10H2,(H,20,21)/t11-,14?,17+/m0/s1. The Morgan fingerprint density at radius 3 is 3.23 bits per heavy atom. The van der Waals surface area contributed by atoms with Gasteiger partial charge >= 0.3 is 0 Å². The highest BCUT2D eigenvalue weighted by Crippen LogP contribution is 2.45. The number of hydrogen-bond donors (Lipinski definition) is 2. The van der Waals surface area contributed by atoms with Gasteiger partial charge in [-0.1, -0.05) is 24.4 Å². The second-order valence-corrected chi connectivity index (χ2v) is 7.19. The van der Waals surface area contributed by atoms with Crippen LogP contribution in [-0.4, -0.2) is 25.6 Å². The first-order valence-corrected chi connectivity index (χ1v) is 8.51. The van der Waals surface area contributed by atoms with Gasteiger partial charge < -0.3 is 15.4 Å². The van der Waals surface area contributed by atoms with Crippen LogP contribution in [0.15, 0.2) is 18.2 Å². The van der Waals surface area contributed by atoms with Gasteiger partial charge in [0.1, 0.15) is 12.4 Å². The van der Waals surface area contributed by atoms with Gasteiger partial charge in [0.25, 0.3) is 0 Å². The smallest absolute Gasteiger partial charge is 0.228 e. The number of ether oxygens (including phenoxy) is 1. The molecule has 1 aliphatic carbocycles. The molecule has 0 aromatic heterocycles. The lowest BCUT2D eigenvalue weighted by atomic mass is 9.67. The van der Waals surface area contributed by atoms with Gasteiger partial charge in [0.15, 0.2) is 0 Å². The average Bonchev–Trinajstić information content (AvgIpc) is 3.12. The van der Waals surface area contributed by atoms with E-state index in [1.165, 1.54) is 6.42 Å². The Hall–Kier alpha value is -1.26. The van der Waals surface area contributed by atoms with Crippen LogP contribution >= 0.6 is 11.6 Å². The molecular weight excluding hydrogens is 300 g/mol. The van der Waals surface area contributed by atoms with E-state index in [2.05, 4.69) is 10.6 Å². The predicted octanol–water partition coefficient (Wildman–Crippen LogP) is 2.67. The van der Waals surface area contributed by atoms with Gasteiger partial charge in [-0.25, -0.2) is 0 Å². The third-order valence-corrected chi connectivity index (χ3v) is 5.78. The van der Waals surface area contributed by atoms with Crippen LogP contribution in [0.2, 0.25) is 5.02 Å². The first-order chi connectivity index (χ1) is 10.7. The summed E-state index contributed by atoms with van der Waals surface area (Å²) in [5, 5.41) is 7.34. The van der Waals surface area contributed by atoms with E-state index in [1.807, 2.05) is 18.2 Å². The zero-order chi connectivity index (χ0) is 15.2. The van der Waals surface area contributed by atoms with E-state index in [9.17, 15) is 4.79 Å². The number of carbonyl (C=O) groups is 1. The topological polar surface area (TPSA) is 50.4 Å². The average molecular weight is 321 g/mol. The summed E-state index contributed by atoms with van der Waals surface area (Å²) in [6.45, 7) is 2.27. The molecule has 4 rings (SSSR count). The first kappa shape index (κ1) is 14.3. The molecule has 4 nitrogen and oxygen atoms in total. The highest BCUT2D eigenvalue weighted by Gasteiger charge is 2.50. The van der Waals surface area contributed by atoms with Crippen LogP contribution in [-0.2, 0) is 4.79 Å². The monoisotopic (exact) mass is 320 g/mol. The minimum absolute atomic E-state index is 0.0845. The quantitative estimate of drug-likeness (QED) is 0.881. The minimum atomic E-state index is -0.223. The first-order valence-electron chi connectivity index (χ1n) is 8.13. The minimum Gasteiger partial charge on any atom is -0.491 e. The molecular formula is C17H21ClN2O2. The Labute approximate surface area is 135 Å². The molecule has 1 aromatic carbocycles. The van der Waals surface area contributed by atoms with Gasteiger partial charge in [-0.15, -0.1) is 0 Å². The molecule has 1 amide bonds. The second-order valence-electron chi connectivity index (χ2n) is 6.75. The molecule has 5 heteroatoms. The number of rotatable bonds is 2. The Morgan fingerprint density at radius 2 is 2.32 bits per heavy atom. The molecule has 0 bridgehead atoms. The van der Waals surface area contributed by atoms with Gasteiger partial charge in [0.05, 0.1) is 11.5 Å². The number of carbonyl (C=O) groups excluding carboxylic acids is 1. The van der Waals surface area contributed by atoms with Crippen molar-refractivity contribution < 1.29 is 9.53 Å². The molecule has 2 heterocycles. The van der Waals surface area contributed by atoms with E-state index in [0.29, 0.717) is 17.5 Å². The van der Waals surface area contributed by atoms with E-state index < -0.39 is 0 Å². The molecule has 22 heavy (non-hydrogen) atoms. The molecule has 0 radical (unpaired) electrons. The summed E-state index contributed by atoms with van der Waals surface area (Å²) in [7, 11) is 0. The predicted molar refractivity (Wildman–Crippen MR) is 85.1 cm³/mol. The Kier molecular flexibility index (Phi) is 3.54. The number of nitrogens with one attached hydrogen (secondary N) is 2. The molecule has 2 aliphatic heterocycles. The van der Waals surface area contributed by atoms with Crippen LogP contribution in [0.1, 0.15) is 37.3 Å². The third-order valence-electron chi connectivity index (χ3n) is 5.55. The fourth-order valence-corrected chi connectivity index (χ4v) is 4.48. The van der Waals surface area contributed by atoms with Crippen molar-refractivity contribution in [2.24, 2.45) is 11.3 Å². The lowest BCUT2D eigenvalue weighted by Crippen LogP contribution is -2.49. The van der Waals surface area contributed by atoms with E-state index in [1.54, 1.807) is 0 Å². The van der Waals surface area contributed by atoms with Crippen molar-refractivity contribution in [1.82, 2.24) is 10.6 Å². The molecule has 2 N–H and O–H groups in total. The molecule has 3 atom stereocenters. The number of amides is 1. The van der Waals surface area contributed by atoms with Crippen LogP contribution in [0.4, 0.5) is 0 Å². The Bertz CT molecular complexity index is 606. The van der Waals surface area contributed by atoms with Crippen molar-refractivity contribution in [3.63, 3.8) is 0 Å². The van der Waals surface area contributed by atoms with Gasteiger partial charge in [-0.2, -0.15) is 0 Å². The zero-order valence-electron chi connectivity index (χ0n) is 12.5. The van der Waals surface area contributed by atoms with Gasteiger partial charge in [0.2, 0.25) is 5.91 Å². The third kappa shape index (κ3) is 2.20. The van der Waals surface area contributed by atoms with Crippen LogP contribution in [0.25, 0.3) is 0 Å². The summed E-state index contributed by atoms with van der Waals surface area (Å²) >= 11 is 6.08. The summed E-state index contributed by atoms with van der Waals surface area (Å²) in [4.78, 5) is 13.0. The molecule has 1 aromatic rings. The van der Waals surface area contributed by atoms with Crippen molar-refractivity contribution in [1.29, 1.82) is 0 Å². The SMILES string of the molecule is O=C(NC1COc2ccc(Cl)cc21)[C@@]12CCCC[C@H]1CNC2. The highest BCUT2D eigenvalue weighted by atomic mass is 35.5. The molecule has 1 unspecified atom stereocenters. The maximum absolute atomic E-state index is 13.0. The molecule has 2 fully saturated rings. The fraction of sp³-hybridized carbons (Fsp3) is 0.588. The summed E-state index contributed by atoms with van der Waals surface area (Å²) < 4.78 is 5.67. The summed E-state index contributed by atoms with van der Waals surface area (Å²) in [5.41, 5.74) is 0.773. The molecule has 1 saturated carbocycles. The number of hydrogen-bond acceptors (Lipinski definition) is 3. The van der Waals surface area contributed by atoms with Crippen LogP contribution in [0.5, 0.6) is 5.75 Å². The summed E-state index contributed by atoms with van der Waals surface area (Å²) in [6.07, 6.45) is 4.54. The van der Waals surface area contributed by atoms with E-state index >= 15 is 0 Å². The Balaban J connectivity index is 1.55. The van der Waals surface area contributed by atoms with E-state index in [4.69, 9.17) is 16.3 Å². The van der Waals surface area contributed by atoms with Crippen LogP contribution in [0, 0.1) is 11.3 Å². The molecule has 118 valence electrons. The zero-order valence-corrected chi connectivity index (χ0v) is 13.3. The van der Waals surface area contributed by atoms with Gasteiger partial charge in [-0.05, 0) is 43.5 Å². The largest absolute Gasteiger partial charge is 0.491 e. The summed E-state index contributed by atoms with van der Waals surface area (Å²) in [5.74, 6) is 1.49. The number of fused-ring (bicyclic) bond motifs is 2.